The van der Waals surface area contributed by atoms with E-state index in [9.17, 15) is 24.3 Å². The van der Waals surface area contributed by atoms with Crippen molar-refractivity contribution >= 4 is 47.2 Å². The van der Waals surface area contributed by atoms with Crippen LogP contribution in [0.1, 0.15) is 39.5 Å². The minimum atomic E-state index is -1.11. The molecule has 178 valence electrons. The molecule has 5 N–H and O–H groups in total. The van der Waals surface area contributed by atoms with Crippen LogP contribution in [0.5, 0.6) is 0 Å². The number of likely N-dealkylation sites (tertiary alicyclic amines) is 1. The fourth-order valence-electron chi connectivity index (χ4n) is 3.42. The van der Waals surface area contributed by atoms with E-state index in [0.717, 1.165) is 5.75 Å². The lowest BCUT2D eigenvalue weighted by atomic mass is 10.0. The zero-order chi connectivity index (χ0) is 23.6. The number of carbonyl (C=O) groups excluding carboxylic acids is 3. The Balaban J connectivity index is 2.82. The van der Waals surface area contributed by atoms with E-state index in [1.165, 1.54) is 16.7 Å². The lowest BCUT2D eigenvalue weighted by Gasteiger charge is -2.29. The number of carboxylic acids is 1. The number of hydrogen-bond acceptors (Lipinski definition) is 7. The van der Waals surface area contributed by atoms with Crippen molar-refractivity contribution in [2.45, 2.75) is 63.7 Å². The zero-order valence-corrected chi connectivity index (χ0v) is 20.4. The zero-order valence-electron chi connectivity index (χ0n) is 18.8. The summed E-state index contributed by atoms with van der Waals surface area (Å²) in [6.45, 7) is 4.01. The molecule has 1 aliphatic rings. The predicted octanol–water partition coefficient (Wildman–Crippen LogP) is 0.521. The van der Waals surface area contributed by atoms with Crippen molar-refractivity contribution in [3.05, 3.63) is 0 Å². The summed E-state index contributed by atoms with van der Waals surface area (Å²) in [6.07, 6.45) is 5.82. The minimum absolute atomic E-state index is 0.250. The number of aliphatic carboxylic acids is 1. The third-order valence-electron chi connectivity index (χ3n) is 5.26. The van der Waals surface area contributed by atoms with Gasteiger partial charge in [-0.15, -0.1) is 0 Å². The Morgan fingerprint density at radius 1 is 1.10 bits per heavy atom. The van der Waals surface area contributed by atoms with E-state index in [-0.39, 0.29) is 11.8 Å². The van der Waals surface area contributed by atoms with Crippen molar-refractivity contribution in [3.8, 4) is 0 Å². The SMILES string of the molecule is CSCCC(N)C(=O)N1CCCC1C(=O)NC(C(=O)NC(CCSC)C(=O)O)C(C)C. The van der Waals surface area contributed by atoms with Crippen LogP contribution in [0, 0.1) is 5.92 Å². The summed E-state index contributed by atoms with van der Waals surface area (Å²) in [5, 5.41) is 14.6. The highest BCUT2D eigenvalue weighted by molar-refractivity contribution is 7.98. The molecule has 0 spiro atoms. The Morgan fingerprint density at radius 3 is 2.26 bits per heavy atom. The molecular formula is C20H36N4O5S2. The van der Waals surface area contributed by atoms with Crippen LogP contribution < -0.4 is 16.4 Å². The van der Waals surface area contributed by atoms with E-state index in [1.807, 2.05) is 12.5 Å². The first kappa shape index (κ1) is 27.6. The maximum atomic E-state index is 13.0. The van der Waals surface area contributed by atoms with Gasteiger partial charge < -0.3 is 26.4 Å². The third kappa shape index (κ3) is 8.53. The van der Waals surface area contributed by atoms with Crippen molar-refractivity contribution in [3.63, 3.8) is 0 Å². The number of thioether (sulfide) groups is 2. The van der Waals surface area contributed by atoms with Gasteiger partial charge in [0.05, 0.1) is 6.04 Å². The highest BCUT2D eigenvalue weighted by Crippen LogP contribution is 2.20. The summed E-state index contributed by atoms with van der Waals surface area (Å²) in [7, 11) is 0. The largest absolute Gasteiger partial charge is 0.480 e. The molecule has 4 unspecified atom stereocenters. The van der Waals surface area contributed by atoms with Gasteiger partial charge >= 0.3 is 5.97 Å². The van der Waals surface area contributed by atoms with Gasteiger partial charge in [-0.1, -0.05) is 13.8 Å². The van der Waals surface area contributed by atoms with Crippen molar-refractivity contribution in [1.82, 2.24) is 15.5 Å². The molecule has 0 radical (unpaired) electrons. The molecule has 0 saturated carbocycles. The first-order valence-electron chi connectivity index (χ1n) is 10.5. The second kappa shape index (κ2) is 13.8. The van der Waals surface area contributed by atoms with Crippen LogP contribution in [0.4, 0.5) is 0 Å². The molecule has 1 heterocycles. The number of rotatable bonds is 13. The summed E-state index contributed by atoms with van der Waals surface area (Å²) < 4.78 is 0. The maximum absolute atomic E-state index is 13.0. The molecule has 1 rings (SSSR count). The predicted molar refractivity (Wildman–Crippen MR) is 125 cm³/mol. The molecular weight excluding hydrogens is 440 g/mol. The molecule has 31 heavy (non-hydrogen) atoms. The average Bonchev–Trinajstić information content (AvgIpc) is 3.21. The molecule has 1 aliphatic heterocycles. The Labute approximate surface area is 193 Å². The molecule has 11 heteroatoms. The molecule has 0 aromatic rings. The summed E-state index contributed by atoms with van der Waals surface area (Å²) in [5.74, 6) is -1.21. The van der Waals surface area contributed by atoms with Crippen LogP contribution in [-0.4, -0.2) is 88.4 Å². The Morgan fingerprint density at radius 2 is 1.71 bits per heavy atom. The Hall–Kier alpha value is -1.46. The summed E-state index contributed by atoms with van der Waals surface area (Å²) in [6, 6.07) is -3.24. The number of amides is 3. The minimum Gasteiger partial charge on any atom is -0.480 e. The van der Waals surface area contributed by atoms with Crippen LogP contribution in [0.25, 0.3) is 0 Å². The van der Waals surface area contributed by atoms with E-state index in [1.54, 1.807) is 25.6 Å². The van der Waals surface area contributed by atoms with E-state index in [2.05, 4.69) is 10.6 Å². The number of nitrogens with zero attached hydrogens (tertiary/aromatic N) is 1. The molecule has 0 aromatic heterocycles. The average molecular weight is 477 g/mol. The van der Waals surface area contributed by atoms with Gasteiger partial charge in [0.2, 0.25) is 17.7 Å². The molecule has 1 saturated heterocycles. The fraction of sp³-hybridized carbons (Fsp3) is 0.800. The smallest absolute Gasteiger partial charge is 0.326 e. The third-order valence-corrected chi connectivity index (χ3v) is 6.55. The van der Waals surface area contributed by atoms with E-state index < -0.39 is 42.0 Å². The molecule has 3 amide bonds. The number of carboxylic acid groups (broad SMARTS) is 1. The molecule has 0 aliphatic carbocycles. The van der Waals surface area contributed by atoms with Crippen molar-refractivity contribution in [2.75, 3.05) is 30.6 Å². The van der Waals surface area contributed by atoms with Crippen LogP contribution in [-0.2, 0) is 19.2 Å². The van der Waals surface area contributed by atoms with Crippen LogP contribution in [0.3, 0.4) is 0 Å². The van der Waals surface area contributed by atoms with Gasteiger partial charge in [-0.05, 0) is 55.6 Å². The molecule has 1 fully saturated rings. The van der Waals surface area contributed by atoms with Gasteiger partial charge in [0, 0.05) is 6.54 Å². The summed E-state index contributed by atoms with van der Waals surface area (Å²) in [4.78, 5) is 51.4. The second-order valence-corrected chi connectivity index (χ2v) is 9.96. The van der Waals surface area contributed by atoms with E-state index >= 15 is 0 Å². The monoisotopic (exact) mass is 476 g/mol. The van der Waals surface area contributed by atoms with Crippen molar-refractivity contribution in [1.29, 1.82) is 0 Å². The van der Waals surface area contributed by atoms with E-state index in [0.29, 0.717) is 38.0 Å². The maximum Gasteiger partial charge on any atom is 0.326 e. The fourth-order valence-corrected chi connectivity index (χ4v) is 4.38. The van der Waals surface area contributed by atoms with Gasteiger partial charge in [0.15, 0.2) is 0 Å². The van der Waals surface area contributed by atoms with Crippen molar-refractivity contribution < 1.29 is 24.3 Å². The van der Waals surface area contributed by atoms with Gasteiger partial charge in [-0.25, -0.2) is 4.79 Å². The number of carbonyl (C=O) groups is 4. The molecule has 0 bridgehead atoms. The number of hydrogen-bond donors (Lipinski definition) is 4. The van der Waals surface area contributed by atoms with Gasteiger partial charge in [0.1, 0.15) is 18.1 Å². The number of nitrogens with two attached hydrogens (primary N) is 1. The highest BCUT2D eigenvalue weighted by atomic mass is 32.2. The molecule has 9 nitrogen and oxygen atoms in total. The summed E-state index contributed by atoms with van der Waals surface area (Å²) >= 11 is 3.10. The van der Waals surface area contributed by atoms with Crippen molar-refractivity contribution in [2.24, 2.45) is 11.7 Å². The normalized spacial score (nSPS) is 19.0. The Kier molecular flexibility index (Phi) is 12.3. The summed E-state index contributed by atoms with van der Waals surface area (Å²) in [5.41, 5.74) is 6.01. The Bertz CT molecular complexity index is 635. The van der Waals surface area contributed by atoms with E-state index in [4.69, 9.17) is 5.73 Å². The molecule has 4 atom stereocenters. The van der Waals surface area contributed by atoms with Crippen LogP contribution in [0.15, 0.2) is 0 Å². The molecule has 0 aromatic carbocycles. The van der Waals surface area contributed by atoms with Gasteiger partial charge in [-0.3, -0.25) is 14.4 Å². The van der Waals surface area contributed by atoms with Gasteiger partial charge in [0.25, 0.3) is 0 Å². The van der Waals surface area contributed by atoms with Crippen LogP contribution >= 0.6 is 23.5 Å². The standard InChI is InChI=1S/C20H36N4O5S2/c1-12(2)16(18(26)22-14(20(28)29)8-11-31-4)23-17(25)15-6-5-9-24(15)19(27)13(21)7-10-30-3/h12-16H,5-11,21H2,1-4H3,(H,22,26)(H,23,25)(H,28,29). The lowest BCUT2D eigenvalue weighted by molar-refractivity contribution is -0.143. The quantitative estimate of drug-likeness (QED) is 0.301. The van der Waals surface area contributed by atoms with Crippen LogP contribution in [0.2, 0.25) is 0 Å². The topological polar surface area (TPSA) is 142 Å². The van der Waals surface area contributed by atoms with Gasteiger partial charge in [-0.2, -0.15) is 23.5 Å². The first-order chi connectivity index (χ1) is 14.6. The lowest BCUT2D eigenvalue weighted by Crippen LogP contribution is -2.58. The number of nitrogens with one attached hydrogen (secondary N) is 2. The first-order valence-corrected chi connectivity index (χ1v) is 13.3. The second-order valence-electron chi connectivity index (χ2n) is 7.99. The highest BCUT2D eigenvalue weighted by Gasteiger charge is 2.38.